The van der Waals surface area contributed by atoms with E-state index < -0.39 is 0 Å². The van der Waals surface area contributed by atoms with Crippen LogP contribution in [0.5, 0.6) is 0 Å². The lowest BCUT2D eigenvalue weighted by Gasteiger charge is -2.33. The van der Waals surface area contributed by atoms with Crippen molar-refractivity contribution in [3.05, 3.63) is 24.3 Å². The van der Waals surface area contributed by atoms with Gasteiger partial charge in [0.1, 0.15) is 0 Å². The molecular weight excluding hydrogens is 250 g/mol. The summed E-state index contributed by atoms with van der Waals surface area (Å²) in [6, 6.07) is 3.51. The summed E-state index contributed by atoms with van der Waals surface area (Å²) in [4.78, 5) is 2.07. The Hall–Kier alpha value is -1.70. The molecule has 0 aliphatic carbocycles. The molecule has 1 aliphatic heterocycles. The zero-order valence-corrected chi connectivity index (χ0v) is 10.4. The monoisotopic (exact) mass is 265 g/mol. The van der Waals surface area contributed by atoms with Crippen LogP contribution in [0.2, 0.25) is 0 Å². The highest BCUT2D eigenvalue weighted by atomic mass is 16.5. The van der Waals surface area contributed by atoms with Crippen LogP contribution < -0.4 is 0 Å². The van der Waals surface area contributed by atoms with E-state index in [4.69, 9.17) is 13.6 Å². The van der Waals surface area contributed by atoms with Crippen molar-refractivity contribution in [3.8, 4) is 11.7 Å². The van der Waals surface area contributed by atoms with Crippen molar-refractivity contribution in [2.45, 2.75) is 12.6 Å². The van der Waals surface area contributed by atoms with Gasteiger partial charge in [-0.1, -0.05) is 0 Å². The van der Waals surface area contributed by atoms with Crippen LogP contribution in [0.3, 0.4) is 0 Å². The van der Waals surface area contributed by atoms with Crippen molar-refractivity contribution >= 4 is 0 Å². The molecule has 7 nitrogen and oxygen atoms in total. The molecule has 0 aromatic carbocycles. The maximum atomic E-state index is 9.29. The molecule has 1 aliphatic rings. The highest BCUT2D eigenvalue weighted by Crippen LogP contribution is 2.19. The van der Waals surface area contributed by atoms with E-state index >= 15 is 0 Å². The molecule has 3 rings (SSSR count). The molecule has 0 saturated carbocycles. The molecule has 3 heterocycles. The number of ether oxygens (including phenoxy) is 1. The molecule has 102 valence electrons. The molecule has 1 unspecified atom stereocenters. The molecule has 2 aromatic heterocycles. The molecule has 7 heteroatoms. The van der Waals surface area contributed by atoms with Crippen LogP contribution >= 0.6 is 0 Å². The van der Waals surface area contributed by atoms with Crippen LogP contribution in [0.15, 0.2) is 27.2 Å². The Labute approximate surface area is 109 Å². The number of aromatic nitrogens is 2. The first-order valence-corrected chi connectivity index (χ1v) is 6.15. The van der Waals surface area contributed by atoms with E-state index in [9.17, 15) is 5.11 Å². The van der Waals surface area contributed by atoms with Crippen LogP contribution in [0.4, 0.5) is 0 Å². The number of morpholine rings is 1. The SMILES string of the molecule is OCC1COCCN1Cc1nnc(-c2ccco2)o1. The summed E-state index contributed by atoms with van der Waals surface area (Å²) in [5.41, 5.74) is 0. The number of hydrogen-bond donors (Lipinski definition) is 1. The number of nitrogens with zero attached hydrogens (tertiary/aromatic N) is 3. The van der Waals surface area contributed by atoms with E-state index in [1.54, 1.807) is 18.4 Å². The van der Waals surface area contributed by atoms with Gasteiger partial charge in [-0.25, -0.2) is 0 Å². The molecule has 1 fully saturated rings. The van der Waals surface area contributed by atoms with Crippen LogP contribution in [0, 0.1) is 0 Å². The fraction of sp³-hybridized carbons (Fsp3) is 0.500. The molecule has 1 atom stereocenters. The van der Waals surface area contributed by atoms with E-state index in [1.165, 1.54) is 0 Å². The minimum absolute atomic E-state index is 0.0206. The van der Waals surface area contributed by atoms with E-state index in [0.29, 0.717) is 37.3 Å². The van der Waals surface area contributed by atoms with Crippen molar-refractivity contribution in [2.24, 2.45) is 0 Å². The summed E-state index contributed by atoms with van der Waals surface area (Å²) >= 11 is 0. The molecule has 0 radical (unpaired) electrons. The average molecular weight is 265 g/mol. The Bertz CT molecular complexity index is 511. The Morgan fingerprint density at radius 2 is 2.37 bits per heavy atom. The van der Waals surface area contributed by atoms with Gasteiger partial charge < -0.3 is 18.7 Å². The number of aliphatic hydroxyl groups excluding tert-OH is 1. The number of furan rings is 1. The minimum Gasteiger partial charge on any atom is -0.459 e. The van der Waals surface area contributed by atoms with Crippen LogP contribution in [0.25, 0.3) is 11.7 Å². The first kappa shape index (κ1) is 12.3. The van der Waals surface area contributed by atoms with Gasteiger partial charge in [0.15, 0.2) is 5.76 Å². The van der Waals surface area contributed by atoms with Gasteiger partial charge in [-0.15, -0.1) is 10.2 Å². The van der Waals surface area contributed by atoms with Crippen LogP contribution in [-0.4, -0.2) is 52.6 Å². The largest absolute Gasteiger partial charge is 0.459 e. The average Bonchev–Trinajstić information content (AvgIpc) is 3.09. The summed E-state index contributed by atoms with van der Waals surface area (Å²) < 4.78 is 16.1. The van der Waals surface area contributed by atoms with Gasteiger partial charge in [0.25, 0.3) is 5.89 Å². The van der Waals surface area contributed by atoms with E-state index in [0.717, 1.165) is 6.54 Å². The maximum Gasteiger partial charge on any atom is 0.283 e. The highest BCUT2D eigenvalue weighted by molar-refractivity contribution is 5.42. The Morgan fingerprint density at radius 1 is 1.42 bits per heavy atom. The fourth-order valence-electron chi connectivity index (χ4n) is 2.06. The predicted octanol–water partition coefficient (Wildman–Crippen LogP) is 0.523. The second-order valence-corrected chi connectivity index (χ2v) is 4.36. The summed E-state index contributed by atoms with van der Waals surface area (Å²) in [6.07, 6.45) is 1.56. The number of rotatable bonds is 4. The van der Waals surface area contributed by atoms with E-state index in [2.05, 4.69) is 15.1 Å². The van der Waals surface area contributed by atoms with Crippen molar-refractivity contribution in [2.75, 3.05) is 26.4 Å². The van der Waals surface area contributed by atoms with Gasteiger partial charge in [-0.3, -0.25) is 4.90 Å². The first-order valence-electron chi connectivity index (χ1n) is 6.15. The third-order valence-electron chi connectivity index (χ3n) is 3.10. The normalized spacial score (nSPS) is 20.8. The van der Waals surface area contributed by atoms with E-state index in [-0.39, 0.29) is 12.6 Å². The molecule has 19 heavy (non-hydrogen) atoms. The van der Waals surface area contributed by atoms with Gasteiger partial charge >= 0.3 is 0 Å². The zero-order valence-electron chi connectivity index (χ0n) is 10.4. The highest BCUT2D eigenvalue weighted by Gasteiger charge is 2.24. The van der Waals surface area contributed by atoms with Crippen molar-refractivity contribution in [1.29, 1.82) is 0 Å². The smallest absolute Gasteiger partial charge is 0.283 e. The van der Waals surface area contributed by atoms with Gasteiger partial charge in [0, 0.05) is 6.54 Å². The van der Waals surface area contributed by atoms with Crippen molar-refractivity contribution < 1.29 is 18.7 Å². The second-order valence-electron chi connectivity index (χ2n) is 4.36. The second kappa shape index (κ2) is 5.52. The topological polar surface area (TPSA) is 84.8 Å². The molecule has 0 bridgehead atoms. The van der Waals surface area contributed by atoms with Gasteiger partial charge in [-0.2, -0.15) is 0 Å². The summed E-state index contributed by atoms with van der Waals surface area (Å²) in [7, 11) is 0. The first-order chi connectivity index (χ1) is 9.36. The Kier molecular flexibility index (Phi) is 3.58. The van der Waals surface area contributed by atoms with Crippen LogP contribution in [0.1, 0.15) is 5.89 Å². The molecule has 2 aromatic rings. The molecule has 1 N–H and O–H groups in total. The Morgan fingerprint density at radius 3 is 3.16 bits per heavy atom. The third-order valence-corrected chi connectivity index (χ3v) is 3.10. The maximum absolute atomic E-state index is 9.29. The lowest BCUT2D eigenvalue weighted by atomic mass is 10.2. The lowest BCUT2D eigenvalue weighted by molar-refractivity contribution is -0.0342. The van der Waals surface area contributed by atoms with Crippen molar-refractivity contribution in [3.63, 3.8) is 0 Å². The molecule has 0 amide bonds. The lowest BCUT2D eigenvalue weighted by Crippen LogP contribution is -2.46. The minimum atomic E-state index is -0.0206. The van der Waals surface area contributed by atoms with Gasteiger partial charge in [0.05, 0.1) is 38.7 Å². The zero-order chi connectivity index (χ0) is 13.1. The molecular formula is C12H15N3O4. The van der Waals surface area contributed by atoms with E-state index in [1.807, 2.05) is 0 Å². The number of hydrogen-bond acceptors (Lipinski definition) is 7. The quantitative estimate of drug-likeness (QED) is 0.862. The van der Waals surface area contributed by atoms with Crippen LogP contribution in [-0.2, 0) is 11.3 Å². The molecule has 0 spiro atoms. The summed E-state index contributed by atoms with van der Waals surface area (Å²) in [5.74, 6) is 1.43. The fourth-order valence-corrected chi connectivity index (χ4v) is 2.06. The standard InChI is InChI=1S/C12H15N3O4/c16-7-9-8-17-5-3-15(9)6-11-13-14-12(19-11)10-2-1-4-18-10/h1-2,4,9,16H,3,5-8H2. The van der Waals surface area contributed by atoms with Gasteiger partial charge in [-0.05, 0) is 12.1 Å². The predicted molar refractivity (Wildman–Crippen MR) is 64.1 cm³/mol. The van der Waals surface area contributed by atoms with Crippen molar-refractivity contribution in [1.82, 2.24) is 15.1 Å². The molecule has 1 saturated heterocycles. The summed E-state index contributed by atoms with van der Waals surface area (Å²) in [6.45, 7) is 2.47. The summed E-state index contributed by atoms with van der Waals surface area (Å²) in [5, 5.41) is 17.2. The number of aliphatic hydroxyl groups is 1. The third kappa shape index (κ3) is 2.67. The van der Waals surface area contributed by atoms with Gasteiger partial charge in [0.2, 0.25) is 5.89 Å². The Balaban J connectivity index is 1.69.